The number of carbonyl (C=O) groups excluding carboxylic acids is 2. The van der Waals surface area contributed by atoms with Gasteiger partial charge in [0.1, 0.15) is 0 Å². The van der Waals surface area contributed by atoms with E-state index in [1.807, 2.05) is 30.3 Å². The van der Waals surface area contributed by atoms with Crippen LogP contribution >= 0.6 is 11.8 Å². The van der Waals surface area contributed by atoms with Crippen molar-refractivity contribution in [3.8, 4) is 0 Å². The molecule has 2 aromatic rings. The van der Waals surface area contributed by atoms with Crippen LogP contribution in [0.4, 0.5) is 16.2 Å². The number of piperidine rings is 1. The predicted octanol–water partition coefficient (Wildman–Crippen LogP) is 4.92. The third-order valence-electron chi connectivity index (χ3n) is 4.72. The van der Waals surface area contributed by atoms with Gasteiger partial charge in [-0.25, -0.2) is 4.90 Å². The molecule has 0 atom stereocenters. The molecule has 0 saturated carbocycles. The summed E-state index contributed by atoms with van der Waals surface area (Å²) in [5.41, 5.74) is 2.77. The van der Waals surface area contributed by atoms with Crippen LogP contribution in [0.25, 0.3) is 6.08 Å². The highest BCUT2D eigenvalue weighted by atomic mass is 32.2. The van der Waals surface area contributed by atoms with E-state index in [0.717, 1.165) is 30.4 Å². The molecule has 4 rings (SSSR count). The average Bonchev–Trinajstić information content (AvgIpc) is 2.97. The van der Waals surface area contributed by atoms with Crippen molar-refractivity contribution < 1.29 is 9.59 Å². The van der Waals surface area contributed by atoms with E-state index in [4.69, 9.17) is 0 Å². The molecule has 2 aliphatic heterocycles. The smallest absolute Gasteiger partial charge is 0.298 e. The lowest BCUT2D eigenvalue weighted by Crippen LogP contribution is -2.29. The molecule has 0 bridgehead atoms. The summed E-state index contributed by atoms with van der Waals surface area (Å²) >= 11 is 0.992. The quantitative estimate of drug-likeness (QED) is 0.725. The van der Waals surface area contributed by atoms with Gasteiger partial charge in [-0.05, 0) is 66.9 Å². The Balaban J connectivity index is 1.53. The van der Waals surface area contributed by atoms with E-state index in [9.17, 15) is 9.59 Å². The predicted molar refractivity (Wildman–Crippen MR) is 107 cm³/mol. The zero-order valence-electron chi connectivity index (χ0n) is 14.4. The maximum absolute atomic E-state index is 12.6. The topological polar surface area (TPSA) is 40.6 Å². The van der Waals surface area contributed by atoms with E-state index < -0.39 is 0 Å². The van der Waals surface area contributed by atoms with E-state index in [1.54, 1.807) is 18.2 Å². The molecule has 0 radical (unpaired) electrons. The van der Waals surface area contributed by atoms with Crippen molar-refractivity contribution in [2.75, 3.05) is 22.9 Å². The monoisotopic (exact) mass is 364 g/mol. The molecule has 2 fully saturated rings. The summed E-state index contributed by atoms with van der Waals surface area (Å²) in [4.78, 5) is 29.0. The van der Waals surface area contributed by atoms with Crippen molar-refractivity contribution >= 4 is 40.4 Å². The van der Waals surface area contributed by atoms with Gasteiger partial charge in [-0.2, -0.15) is 0 Å². The van der Waals surface area contributed by atoms with Gasteiger partial charge < -0.3 is 4.90 Å². The van der Waals surface area contributed by atoms with Gasteiger partial charge in [-0.15, -0.1) is 0 Å². The Kier molecular flexibility index (Phi) is 4.80. The largest absolute Gasteiger partial charge is 0.372 e. The van der Waals surface area contributed by atoms with Gasteiger partial charge in [0.05, 0.1) is 10.6 Å². The van der Waals surface area contributed by atoms with Crippen LogP contribution in [0, 0.1) is 0 Å². The fourth-order valence-corrected chi connectivity index (χ4v) is 4.19. The van der Waals surface area contributed by atoms with E-state index in [0.29, 0.717) is 10.6 Å². The Labute approximate surface area is 157 Å². The summed E-state index contributed by atoms with van der Waals surface area (Å²) in [6.45, 7) is 2.21. The first-order valence-corrected chi connectivity index (χ1v) is 9.72. The summed E-state index contributed by atoms with van der Waals surface area (Å²) in [7, 11) is 0. The van der Waals surface area contributed by atoms with Crippen molar-refractivity contribution in [1.82, 2.24) is 0 Å². The number of rotatable bonds is 3. The second-order valence-electron chi connectivity index (χ2n) is 6.49. The van der Waals surface area contributed by atoms with E-state index in [1.165, 1.54) is 29.8 Å². The van der Waals surface area contributed by atoms with Crippen LogP contribution in [-0.2, 0) is 4.79 Å². The van der Waals surface area contributed by atoms with E-state index in [2.05, 4.69) is 17.0 Å². The molecule has 2 aromatic carbocycles. The number of benzene rings is 2. The molecule has 0 spiro atoms. The average molecular weight is 364 g/mol. The Morgan fingerprint density at radius 3 is 2.19 bits per heavy atom. The van der Waals surface area contributed by atoms with Crippen LogP contribution in [0.2, 0.25) is 0 Å². The van der Waals surface area contributed by atoms with Crippen molar-refractivity contribution in [2.24, 2.45) is 0 Å². The van der Waals surface area contributed by atoms with Crippen molar-refractivity contribution in [2.45, 2.75) is 19.3 Å². The summed E-state index contributed by atoms with van der Waals surface area (Å²) in [5, 5.41) is -0.252. The molecule has 4 nitrogen and oxygen atoms in total. The lowest BCUT2D eigenvalue weighted by atomic mass is 10.1. The molecule has 0 aliphatic carbocycles. The van der Waals surface area contributed by atoms with Crippen LogP contribution in [-0.4, -0.2) is 24.2 Å². The highest BCUT2D eigenvalue weighted by Crippen LogP contribution is 2.35. The fraction of sp³-hybridized carbons (Fsp3) is 0.238. The second kappa shape index (κ2) is 7.38. The lowest BCUT2D eigenvalue weighted by Gasteiger charge is -2.28. The number of anilines is 2. The highest BCUT2D eigenvalue weighted by molar-refractivity contribution is 8.19. The minimum absolute atomic E-state index is 0.252. The Bertz CT molecular complexity index is 840. The van der Waals surface area contributed by atoms with Crippen LogP contribution in [0.15, 0.2) is 59.5 Å². The number of nitrogens with zero attached hydrogens (tertiary/aromatic N) is 2. The third kappa shape index (κ3) is 3.40. The highest BCUT2D eigenvalue weighted by Gasteiger charge is 2.36. The summed E-state index contributed by atoms with van der Waals surface area (Å²) in [6.07, 6.45) is 5.60. The number of amides is 2. The maximum atomic E-state index is 12.6. The normalized spacial score (nSPS) is 19.5. The molecule has 2 amide bonds. The first kappa shape index (κ1) is 16.9. The van der Waals surface area contributed by atoms with Gasteiger partial charge in [0, 0.05) is 18.8 Å². The molecule has 0 aromatic heterocycles. The zero-order chi connectivity index (χ0) is 17.9. The zero-order valence-corrected chi connectivity index (χ0v) is 15.2. The Morgan fingerprint density at radius 1 is 0.808 bits per heavy atom. The Morgan fingerprint density at radius 2 is 1.50 bits per heavy atom. The molecule has 0 unspecified atom stereocenters. The van der Waals surface area contributed by atoms with Gasteiger partial charge in [0.2, 0.25) is 0 Å². The lowest BCUT2D eigenvalue weighted by molar-refractivity contribution is -0.113. The molecule has 2 aliphatic rings. The summed E-state index contributed by atoms with van der Waals surface area (Å²) in [5.74, 6) is -0.258. The van der Waals surface area contributed by atoms with Gasteiger partial charge in [-0.1, -0.05) is 30.3 Å². The van der Waals surface area contributed by atoms with Crippen molar-refractivity contribution in [1.29, 1.82) is 0 Å². The number of hydrogen-bond acceptors (Lipinski definition) is 4. The standard InChI is InChI=1S/C21H20N2O2S/c24-20-19(26-21(25)23(20)18-7-3-1-4-8-18)15-16-9-11-17(12-10-16)22-13-5-2-6-14-22/h1,3-4,7-12,15H,2,5-6,13-14H2/b19-15+. The number of hydrogen-bond donors (Lipinski definition) is 0. The van der Waals surface area contributed by atoms with Gasteiger partial charge in [0.15, 0.2) is 0 Å². The molecule has 5 heteroatoms. The fourth-order valence-electron chi connectivity index (χ4n) is 3.35. The SMILES string of the molecule is O=C1S/C(=C/c2ccc(N3CCCCC3)cc2)C(=O)N1c1ccccc1. The summed E-state index contributed by atoms with van der Waals surface area (Å²) in [6, 6.07) is 17.3. The number of thioether (sulfide) groups is 1. The van der Waals surface area contributed by atoms with Crippen LogP contribution < -0.4 is 9.80 Å². The number of carbonyl (C=O) groups is 2. The van der Waals surface area contributed by atoms with Gasteiger partial charge in [0.25, 0.3) is 11.1 Å². The molecular weight excluding hydrogens is 344 g/mol. The van der Waals surface area contributed by atoms with E-state index in [-0.39, 0.29) is 11.1 Å². The summed E-state index contributed by atoms with van der Waals surface area (Å²) < 4.78 is 0. The number of imide groups is 1. The van der Waals surface area contributed by atoms with Crippen LogP contribution in [0.3, 0.4) is 0 Å². The first-order chi connectivity index (χ1) is 12.7. The molecule has 2 saturated heterocycles. The van der Waals surface area contributed by atoms with E-state index >= 15 is 0 Å². The first-order valence-electron chi connectivity index (χ1n) is 8.90. The molecule has 0 N–H and O–H groups in total. The van der Waals surface area contributed by atoms with Crippen molar-refractivity contribution in [3.63, 3.8) is 0 Å². The molecule has 26 heavy (non-hydrogen) atoms. The van der Waals surface area contributed by atoms with Gasteiger partial charge >= 0.3 is 0 Å². The van der Waals surface area contributed by atoms with Crippen LogP contribution in [0.5, 0.6) is 0 Å². The number of para-hydroxylation sites is 1. The molecular formula is C21H20N2O2S. The third-order valence-corrected chi connectivity index (χ3v) is 5.59. The molecule has 2 heterocycles. The maximum Gasteiger partial charge on any atom is 0.298 e. The minimum Gasteiger partial charge on any atom is -0.372 e. The van der Waals surface area contributed by atoms with Crippen LogP contribution in [0.1, 0.15) is 24.8 Å². The minimum atomic E-state index is -0.258. The van der Waals surface area contributed by atoms with Gasteiger partial charge in [-0.3, -0.25) is 9.59 Å². The molecule has 132 valence electrons. The second-order valence-corrected chi connectivity index (χ2v) is 7.49. The Hall–Kier alpha value is -2.53. The van der Waals surface area contributed by atoms with Crippen molar-refractivity contribution in [3.05, 3.63) is 65.1 Å².